The predicted molar refractivity (Wildman–Crippen MR) is 157 cm³/mol. The monoisotopic (exact) mass is 541 g/mol. The van der Waals surface area contributed by atoms with Crippen molar-refractivity contribution in [3.63, 3.8) is 0 Å². The van der Waals surface area contributed by atoms with E-state index in [1.807, 2.05) is 6.20 Å². The Hall–Kier alpha value is -2.70. The maximum Gasteiger partial charge on any atom is 0.157 e. The standard InChI is InChI=1S/C31H32ClN5S/c32-28-23(35-14-3-4-15-35)8-5-9-25(28)38-26-10-11-27-34-29(24-20-33-30(26)37(24)27)36-16-12-31(13-17-36)18-21-6-1-2-7-22(21)19-31/h1-2,5-11,20-22H,3-4,12-19H2. The zero-order chi connectivity index (χ0) is 25.3. The van der Waals surface area contributed by atoms with Crippen LogP contribution in [-0.2, 0) is 0 Å². The van der Waals surface area contributed by atoms with Gasteiger partial charge in [-0.25, -0.2) is 9.97 Å². The summed E-state index contributed by atoms with van der Waals surface area (Å²) in [6.07, 6.45) is 19.1. The topological polar surface area (TPSA) is 36.7 Å². The van der Waals surface area contributed by atoms with Crippen molar-refractivity contribution in [1.29, 1.82) is 0 Å². The van der Waals surface area contributed by atoms with Crippen molar-refractivity contribution >= 4 is 51.7 Å². The first kappa shape index (κ1) is 23.2. The number of imidazole rings is 2. The number of benzene rings is 1. The first-order valence-electron chi connectivity index (χ1n) is 14.1. The third-order valence-electron chi connectivity index (χ3n) is 9.49. The van der Waals surface area contributed by atoms with E-state index in [1.165, 1.54) is 38.5 Å². The molecule has 0 N–H and O–H groups in total. The second kappa shape index (κ2) is 8.92. The number of anilines is 2. The average Bonchev–Trinajstić information content (AvgIpc) is 3.73. The van der Waals surface area contributed by atoms with Crippen LogP contribution in [-0.4, -0.2) is 40.5 Å². The van der Waals surface area contributed by atoms with Crippen LogP contribution in [0.25, 0.3) is 16.8 Å². The van der Waals surface area contributed by atoms with Crippen LogP contribution in [0.1, 0.15) is 38.5 Å². The van der Waals surface area contributed by atoms with Crippen molar-refractivity contribution in [2.24, 2.45) is 17.3 Å². The van der Waals surface area contributed by atoms with E-state index in [9.17, 15) is 0 Å². The Kier molecular flexibility index (Phi) is 5.45. The van der Waals surface area contributed by atoms with Gasteiger partial charge in [-0.05, 0) is 80.0 Å². The van der Waals surface area contributed by atoms with E-state index in [4.69, 9.17) is 21.6 Å². The van der Waals surface area contributed by atoms with Gasteiger partial charge >= 0.3 is 0 Å². The quantitative estimate of drug-likeness (QED) is 0.268. The van der Waals surface area contributed by atoms with Crippen LogP contribution in [0.5, 0.6) is 0 Å². The summed E-state index contributed by atoms with van der Waals surface area (Å²) in [6, 6.07) is 10.7. The van der Waals surface area contributed by atoms with Crippen LogP contribution < -0.4 is 9.80 Å². The zero-order valence-electron chi connectivity index (χ0n) is 21.5. The van der Waals surface area contributed by atoms with Crippen LogP contribution in [0.4, 0.5) is 11.5 Å². The first-order valence-corrected chi connectivity index (χ1v) is 15.3. The summed E-state index contributed by atoms with van der Waals surface area (Å²) in [4.78, 5) is 17.1. The Morgan fingerprint density at radius 2 is 1.63 bits per heavy atom. The predicted octanol–water partition coefficient (Wildman–Crippen LogP) is 7.46. The Bertz CT molecular complexity index is 1540. The molecule has 0 amide bonds. The molecule has 1 spiro atoms. The molecule has 4 aliphatic rings. The molecule has 38 heavy (non-hydrogen) atoms. The number of piperidine rings is 1. The summed E-state index contributed by atoms with van der Waals surface area (Å²) in [6.45, 7) is 4.33. The molecule has 3 fully saturated rings. The number of fused-ring (bicyclic) bond motifs is 1. The summed E-state index contributed by atoms with van der Waals surface area (Å²) in [5.74, 6) is 2.58. The van der Waals surface area contributed by atoms with Gasteiger partial charge in [0, 0.05) is 31.1 Å². The van der Waals surface area contributed by atoms with Gasteiger partial charge in [-0.2, -0.15) is 0 Å². The highest BCUT2D eigenvalue weighted by atomic mass is 35.5. The van der Waals surface area contributed by atoms with E-state index in [-0.39, 0.29) is 0 Å². The molecule has 1 saturated carbocycles. The lowest BCUT2D eigenvalue weighted by Crippen LogP contribution is -2.39. The highest BCUT2D eigenvalue weighted by molar-refractivity contribution is 7.99. The molecule has 3 aromatic heterocycles. The van der Waals surface area contributed by atoms with Crippen molar-refractivity contribution in [1.82, 2.24) is 14.4 Å². The summed E-state index contributed by atoms with van der Waals surface area (Å²) in [5.41, 5.74) is 4.71. The van der Waals surface area contributed by atoms with Crippen molar-refractivity contribution in [3.05, 3.63) is 65.9 Å². The van der Waals surface area contributed by atoms with E-state index in [0.29, 0.717) is 5.41 Å². The molecule has 2 aliphatic heterocycles. The molecule has 0 radical (unpaired) electrons. The van der Waals surface area contributed by atoms with Crippen LogP contribution >= 0.6 is 23.4 Å². The molecular formula is C31H32ClN5S. The van der Waals surface area contributed by atoms with Crippen molar-refractivity contribution in [2.75, 3.05) is 36.0 Å². The number of aromatic nitrogens is 3. The maximum absolute atomic E-state index is 6.93. The molecule has 2 aliphatic carbocycles. The Labute approximate surface area is 232 Å². The van der Waals surface area contributed by atoms with E-state index in [0.717, 1.165) is 81.1 Å². The molecule has 2 atom stereocenters. The molecule has 0 bridgehead atoms. The highest BCUT2D eigenvalue weighted by Gasteiger charge is 2.45. The summed E-state index contributed by atoms with van der Waals surface area (Å²) < 4.78 is 2.24. The summed E-state index contributed by atoms with van der Waals surface area (Å²) in [7, 11) is 0. The van der Waals surface area contributed by atoms with Crippen molar-refractivity contribution in [2.45, 2.75) is 48.3 Å². The van der Waals surface area contributed by atoms with Gasteiger partial charge in [0.15, 0.2) is 11.5 Å². The average molecular weight is 542 g/mol. The Balaban J connectivity index is 1.06. The molecule has 4 aromatic rings. The van der Waals surface area contributed by atoms with Gasteiger partial charge in [-0.15, -0.1) is 0 Å². The van der Waals surface area contributed by atoms with Crippen molar-refractivity contribution < 1.29 is 0 Å². The van der Waals surface area contributed by atoms with Gasteiger partial charge in [0.1, 0.15) is 11.2 Å². The second-order valence-corrected chi connectivity index (χ2v) is 13.1. The molecule has 1 aromatic carbocycles. The van der Waals surface area contributed by atoms with Crippen LogP contribution in [0.2, 0.25) is 5.02 Å². The molecular weight excluding hydrogens is 510 g/mol. The van der Waals surface area contributed by atoms with Crippen LogP contribution in [0.15, 0.2) is 70.6 Å². The molecule has 5 nitrogen and oxygen atoms in total. The third kappa shape index (κ3) is 3.67. The number of halogens is 1. The molecule has 5 heterocycles. The minimum atomic E-state index is 0.496. The van der Waals surface area contributed by atoms with Gasteiger partial charge in [-0.3, -0.25) is 4.40 Å². The van der Waals surface area contributed by atoms with Gasteiger partial charge < -0.3 is 9.80 Å². The molecule has 2 saturated heterocycles. The Morgan fingerprint density at radius 3 is 2.39 bits per heavy atom. The lowest BCUT2D eigenvalue weighted by atomic mass is 9.76. The SMILES string of the molecule is Clc1c(Sc2ccc3nc(N4CCC5(CC4)CC4C=CC=CC4C5)c4cnc2n34)cccc1N1CCCC1. The zero-order valence-corrected chi connectivity index (χ0v) is 23.1. The fraction of sp³-hybridized carbons (Fsp3) is 0.419. The number of pyridine rings is 1. The first-order chi connectivity index (χ1) is 18.7. The second-order valence-electron chi connectivity index (χ2n) is 11.7. The number of hydrogen-bond acceptors (Lipinski definition) is 5. The largest absolute Gasteiger partial charge is 0.370 e. The summed E-state index contributed by atoms with van der Waals surface area (Å²) in [5, 5.41) is 0.847. The van der Waals surface area contributed by atoms with E-state index in [2.05, 4.69) is 68.8 Å². The molecule has 2 unspecified atom stereocenters. The van der Waals surface area contributed by atoms with Crippen LogP contribution in [0.3, 0.4) is 0 Å². The molecule has 7 heteroatoms. The van der Waals surface area contributed by atoms with Crippen molar-refractivity contribution in [3.8, 4) is 0 Å². The Morgan fingerprint density at radius 1 is 0.868 bits per heavy atom. The fourth-order valence-electron chi connectivity index (χ4n) is 7.50. The number of allylic oxidation sites excluding steroid dienone is 4. The minimum Gasteiger partial charge on any atom is -0.370 e. The van der Waals surface area contributed by atoms with Gasteiger partial charge in [0.2, 0.25) is 0 Å². The normalized spacial score (nSPS) is 24.4. The van der Waals surface area contributed by atoms with E-state index in [1.54, 1.807) is 11.8 Å². The fourth-order valence-corrected chi connectivity index (χ4v) is 8.81. The minimum absolute atomic E-state index is 0.496. The summed E-state index contributed by atoms with van der Waals surface area (Å²) >= 11 is 8.64. The lowest BCUT2D eigenvalue weighted by molar-refractivity contribution is 0.218. The maximum atomic E-state index is 6.93. The number of rotatable bonds is 4. The molecule has 8 rings (SSSR count). The van der Waals surface area contributed by atoms with E-state index < -0.39 is 0 Å². The van der Waals surface area contributed by atoms with Crippen LogP contribution in [0, 0.1) is 17.3 Å². The van der Waals surface area contributed by atoms with Gasteiger partial charge in [-0.1, -0.05) is 53.7 Å². The smallest absolute Gasteiger partial charge is 0.157 e. The van der Waals surface area contributed by atoms with Gasteiger partial charge in [0.25, 0.3) is 0 Å². The number of nitrogens with zero attached hydrogens (tertiary/aromatic N) is 5. The highest BCUT2D eigenvalue weighted by Crippen LogP contribution is 2.54. The van der Waals surface area contributed by atoms with E-state index >= 15 is 0 Å². The number of hydrogen-bond donors (Lipinski definition) is 0. The third-order valence-corrected chi connectivity index (χ3v) is 11.1. The molecule has 194 valence electrons. The van der Waals surface area contributed by atoms with Gasteiger partial charge in [0.05, 0.1) is 21.8 Å². The lowest BCUT2D eigenvalue weighted by Gasteiger charge is -2.40.